The lowest BCUT2D eigenvalue weighted by atomic mass is 10.0. The molecular formula is C21H25N3. The summed E-state index contributed by atoms with van der Waals surface area (Å²) in [4.78, 5) is 5.05. The number of hydrogen-bond acceptors (Lipinski definition) is 3. The summed E-state index contributed by atoms with van der Waals surface area (Å²) in [6, 6.07) is 18.7. The number of piperazine rings is 1. The largest absolute Gasteiger partial charge is 0.369 e. The molecule has 0 amide bonds. The van der Waals surface area contributed by atoms with Crippen LogP contribution in [0.5, 0.6) is 0 Å². The van der Waals surface area contributed by atoms with E-state index in [-0.39, 0.29) is 0 Å². The molecule has 1 fully saturated rings. The van der Waals surface area contributed by atoms with Gasteiger partial charge in [-0.3, -0.25) is 4.90 Å². The minimum absolute atomic E-state index is 0.705. The van der Waals surface area contributed by atoms with Crippen LogP contribution in [0, 0.1) is 11.3 Å². The Labute approximate surface area is 145 Å². The van der Waals surface area contributed by atoms with E-state index in [1.165, 1.54) is 30.6 Å². The molecule has 0 spiro atoms. The second-order valence-electron chi connectivity index (χ2n) is 6.42. The van der Waals surface area contributed by atoms with Crippen molar-refractivity contribution in [2.24, 2.45) is 0 Å². The van der Waals surface area contributed by atoms with E-state index >= 15 is 0 Å². The molecule has 3 heteroatoms. The van der Waals surface area contributed by atoms with Crippen LogP contribution in [0.3, 0.4) is 0 Å². The first-order valence-electron chi connectivity index (χ1n) is 8.88. The summed E-state index contributed by atoms with van der Waals surface area (Å²) in [6.07, 6.45) is 2.58. The van der Waals surface area contributed by atoms with Gasteiger partial charge in [0.05, 0.1) is 11.6 Å². The fourth-order valence-electron chi connectivity index (χ4n) is 3.21. The monoisotopic (exact) mass is 319 g/mol. The molecule has 2 aromatic carbocycles. The van der Waals surface area contributed by atoms with Crippen LogP contribution in [0.25, 0.3) is 11.1 Å². The zero-order valence-electron chi connectivity index (χ0n) is 14.4. The number of hydrogen-bond donors (Lipinski definition) is 0. The highest BCUT2D eigenvalue weighted by Crippen LogP contribution is 2.24. The van der Waals surface area contributed by atoms with E-state index in [1.807, 2.05) is 24.3 Å². The normalized spacial score (nSPS) is 15.2. The molecule has 0 saturated carbocycles. The van der Waals surface area contributed by atoms with E-state index in [9.17, 15) is 0 Å². The van der Waals surface area contributed by atoms with E-state index < -0.39 is 0 Å². The quantitative estimate of drug-likeness (QED) is 0.829. The third-order valence-electron chi connectivity index (χ3n) is 4.78. The van der Waals surface area contributed by atoms with Crippen LogP contribution in [0.2, 0.25) is 0 Å². The lowest BCUT2D eigenvalue weighted by molar-refractivity contribution is 0.254. The van der Waals surface area contributed by atoms with Crippen molar-refractivity contribution in [2.75, 3.05) is 37.6 Å². The van der Waals surface area contributed by atoms with Crippen LogP contribution in [0.15, 0.2) is 48.5 Å². The molecule has 0 atom stereocenters. The van der Waals surface area contributed by atoms with Gasteiger partial charge in [0.25, 0.3) is 0 Å². The van der Waals surface area contributed by atoms with Crippen LogP contribution in [-0.2, 0) is 0 Å². The van der Waals surface area contributed by atoms with Gasteiger partial charge < -0.3 is 4.90 Å². The van der Waals surface area contributed by atoms with Crippen LogP contribution < -0.4 is 4.90 Å². The smallest absolute Gasteiger partial charge is 0.0991 e. The van der Waals surface area contributed by atoms with E-state index in [1.54, 1.807) is 0 Å². The van der Waals surface area contributed by atoms with Crippen molar-refractivity contribution in [3.05, 3.63) is 54.1 Å². The van der Waals surface area contributed by atoms with Gasteiger partial charge >= 0.3 is 0 Å². The Morgan fingerprint density at radius 1 is 0.875 bits per heavy atom. The number of anilines is 1. The zero-order chi connectivity index (χ0) is 16.8. The van der Waals surface area contributed by atoms with Crippen LogP contribution in [0.4, 0.5) is 5.69 Å². The Kier molecular flexibility index (Phi) is 5.51. The van der Waals surface area contributed by atoms with Gasteiger partial charge in [-0.05, 0) is 48.4 Å². The van der Waals surface area contributed by atoms with Crippen LogP contribution >= 0.6 is 0 Å². The Bertz CT molecular complexity index is 675. The Hall–Kier alpha value is -2.31. The Morgan fingerprint density at radius 2 is 1.46 bits per heavy atom. The minimum atomic E-state index is 0.705. The second-order valence-corrected chi connectivity index (χ2v) is 6.42. The molecule has 0 unspecified atom stereocenters. The van der Waals surface area contributed by atoms with Gasteiger partial charge in [0.15, 0.2) is 0 Å². The molecule has 0 aromatic heterocycles. The second kappa shape index (κ2) is 7.99. The molecule has 1 aliphatic heterocycles. The molecule has 124 valence electrons. The van der Waals surface area contributed by atoms with Crippen molar-refractivity contribution in [1.82, 2.24) is 4.90 Å². The topological polar surface area (TPSA) is 30.3 Å². The summed E-state index contributed by atoms with van der Waals surface area (Å²) in [5, 5.41) is 8.89. The first-order valence-corrected chi connectivity index (χ1v) is 8.88. The lowest BCUT2D eigenvalue weighted by Crippen LogP contribution is -2.46. The Balaban J connectivity index is 1.61. The van der Waals surface area contributed by atoms with Gasteiger partial charge in [-0.1, -0.05) is 37.6 Å². The minimum Gasteiger partial charge on any atom is -0.369 e. The van der Waals surface area contributed by atoms with Gasteiger partial charge in [0.2, 0.25) is 0 Å². The summed E-state index contributed by atoms with van der Waals surface area (Å²) < 4.78 is 0. The highest BCUT2D eigenvalue weighted by Gasteiger charge is 2.16. The fraction of sp³-hybridized carbons (Fsp3) is 0.381. The van der Waals surface area contributed by atoms with Gasteiger partial charge in [0.1, 0.15) is 0 Å². The van der Waals surface area contributed by atoms with E-state index in [0.717, 1.165) is 31.7 Å². The third kappa shape index (κ3) is 3.96. The molecule has 3 nitrogen and oxygen atoms in total. The molecule has 1 heterocycles. The van der Waals surface area contributed by atoms with Crippen molar-refractivity contribution in [1.29, 1.82) is 5.26 Å². The van der Waals surface area contributed by atoms with Crippen LogP contribution in [-0.4, -0.2) is 37.6 Å². The average molecular weight is 319 g/mol. The van der Waals surface area contributed by atoms with Gasteiger partial charge in [-0.2, -0.15) is 5.26 Å². The number of rotatable bonds is 5. The number of nitriles is 1. The molecule has 2 aromatic rings. The van der Waals surface area contributed by atoms with Gasteiger partial charge in [0, 0.05) is 31.9 Å². The summed E-state index contributed by atoms with van der Waals surface area (Å²) >= 11 is 0. The predicted octanol–water partition coefficient (Wildman–Crippen LogP) is 4.15. The van der Waals surface area contributed by atoms with Crippen molar-refractivity contribution in [2.45, 2.75) is 19.8 Å². The average Bonchev–Trinajstić information content (AvgIpc) is 2.67. The SMILES string of the molecule is CCCCN1CCN(c2ccc(-c3ccc(C#N)cc3)cc2)CC1. The fourth-order valence-corrected chi connectivity index (χ4v) is 3.21. The molecule has 1 aliphatic rings. The van der Waals surface area contributed by atoms with E-state index in [0.29, 0.717) is 5.56 Å². The highest BCUT2D eigenvalue weighted by atomic mass is 15.3. The molecule has 3 rings (SSSR count). The molecule has 0 N–H and O–H groups in total. The Morgan fingerprint density at radius 3 is 2.00 bits per heavy atom. The van der Waals surface area contributed by atoms with Crippen molar-refractivity contribution >= 4 is 5.69 Å². The molecular weight excluding hydrogens is 294 g/mol. The van der Waals surface area contributed by atoms with Crippen molar-refractivity contribution < 1.29 is 0 Å². The molecule has 0 bridgehead atoms. The van der Waals surface area contributed by atoms with Crippen molar-refractivity contribution in [3.8, 4) is 17.2 Å². The van der Waals surface area contributed by atoms with Gasteiger partial charge in [-0.25, -0.2) is 0 Å². The van der Waals surface area contributed by atoms with Crippen molar-refractivity contribution in [3.63, 3.8) is 0 Å². The molecule has 24 heavy (non-hydrogen) atoms. The lowest BCUT2D eigenvalue weighted by Gasteiger charge is -2.36. The van der Waals surface area contributed by atoms with E-state index in [4.69, 9.17) is 5.26 Å². The molecule has 0 aliphatic carbocycles. The zero-order valence-corrected chi connectivity index (χ0v) is 14.4. The molecule has 1 saturated heterocycles. The molecule has 0 radical (unpaired) electrons. The maximum absolute atomic E-state index is 8.89. The number of nitrogens with zero attached hydrogens (tertiary/aromatic N) is 3. The first-order chi connectivity index (χ1) is 11.8. The highest BCUT2D eigenvalue weighted by molar-refractivity contribution is 5.67. The summed E-state index contributed by atoms with van der Waals surface area (Å²) in [6.45, 7) is 8.04. The van der Waals surface area contributed by atoms with Gasteiger partial charge in [-0.15, -0.1) is 0 Å². The summed E-state index contributed by atoms with van der Waals surface area (Å²) in [5.74, 6) is 0. The first kappa shape index (κ1) is 16.5. The standard InChI is InChI=1S/C21H25N3/c1-2-3-12-23-13-15-24(16-14-23)21-10-8-20(9-11-21)19-6-4-18(17-22)5-7-19/h4-11H,2-3,12-16H2,1H3. The number of benzene rings is 2. The summed E-state index contributed by atoms with van der Waals surface area (Å²) in [5.41, 5.74) is 4.37. The predicted molar refractivity (Wildman–Crippen MR) is 100 cm³/mol. The van der Waals surface area contributed by atoms with E-state index in [2.05, 4.69) is 47.1 Å². The summed E-state index contributed by atoms with van der Waals surface area (Å²) in [7, 11) is 0. The maximum Gasteiger partial charge on any atom is 0.0991 e. The maximum atomic E-state index is 8.89. The number of unbranched alkanes of at least 4 members (excludes halogenated alkanes) is 1. The van der Waals surface area contributed by atoms with Crippen LogP contribution in [0.1, 0.15) is 25.3 Å². The third-order valence-corrected chi connectivity index (χ3v) is 4.78.